The third-order valence-corrected chi connectivity index (χ3v) is 7.82. The number of nitrogens with one attached hydrogen (secondary N) is 1. The first-order valence-electron chi connectivity index (χ1n) is 14.2. The van der Waals surface area contributed by atoms with Gasteiger partial charge in [0, 0.05) is 54.5 Å². The molecule has 1 aliphatic heterocycles. The summed E-state index contributed by atoms with van der Waals surface area (Å²) in [6.45, 7) is 14.9. The van der Waals surface area contributed by atoms with E-state index in [9.17, 15) is 4.79 Å². The fourth-order valence-electron chi connectivity index (χ4n) is 5.53. The lowest BCUT2D eigenvalue weighted by Crippen LogP contribution is -2.29. The lowest BCUT2D eigenvalue weighted by atomic mass is 9.77. The summed E-state index contributed by atoms with van der Waals surface area (Å²) in [6, 6.07) is 17.3. The number of amides is 1. The molecule has 2 aromatic rings. The maximum absolute atomic E-state index is 11.9. The number of benzene rings is 2. The summed E-state index contributed by atoms with van der Waals surface area (Å²) in [4.78, 5) is 19.3. The second-order valence-corrected chi connectivity index (χ2v) is 11.5. The van der Waals surface area contributed by atoms with Crippen molar-refractivity contribution in [2.24, 2.45) is 4.99 Å². The van der Waals surface area contributed by atoms with Gasteiger partial charge in [-0.1, -0.05) is 89.6 Å². The number of allylic oxidation sites excluding steroid dienone is 4. The summed E-state index contributed by atoms with van der Waals surface area (Å²) in [6.07, 6.45) is 11.1. The average molecular weight is 514 g/mol. The van der Waals surface area contributed by atoms with Crippen LogP contribution in [0.5, 0.6) is 0 Å². The zero-order chi connectivity index (χ0) is 27.8. The summed E-state index contributed by atoms with van der Waals surface area (Å²) in [5, 5.41) is 2.96. The number of aliphatic imine (C=N–C) groups is 1. The van der Waals surface area contributed by atoms with Crippen LogP contribution in [0, 0.1) is 6.92 Å². The van der Waals surface area contributed by atoms with E-state index in [0.717, 1.165) is 44.5 Å². The fourth-order valence-corrected chi connectivity index (χ4v) is 5.53. The van der Waals surface area contributed by atoms with Gasteiger partial charge in [-0.05, 0) is 61.1 Å². The zero-order valence-corrected chi connectivity index (χ0v) is 24.6. The van der Waals surface area contributed by atoms with E-state index < -0.39 is 0 Å². The molecule has 1 aliphatic rings. The molecule has 0 unspecified atom stereocenters. The molecule has 0 aromatic heterocycles. The highest BCUT2D eigenvalue weighted by Crippen LogP contribution is 2.46. The van der Waals surface area contributed by atoms with Gasteiger partial charge in [0.15, 0.2) is 0 Å². The number of carbonyl (C=O) groups is 1. The maximum atomic E-state index is 11.9. The topological polar surface area (TPSA) is 44.7 Å². The molecule has 1 amide bonds. The number of nitrogens with zero attached hydrogens (tertiary/aromatic N) is 2. The van der Waals surface area contributed by atoms with Crippen LogP contribution in [0.15, 0.2) is 77.4 Å². The van der Waals surface area contributed by atoms with Gasteiger partial charge in [-0.25, -0.2) is 0 Å². The van der Waals surface area contributed by atoms with Crippen molar-refractivity contribution in [3.63, 3.8) is 0 Å². The zero-order valence-electron chi connectivity index (χ0n) is 24.6. The minimum atomic E-state index is -0.222. The molecule has 4 nitrogen and oxygen atoms in total. The normalized spacial score (nSPS) is 16.3. The molecule has 2 aromatic carbocycles. The molecule has 1 N–H and O–H groups in total. The van der Waals surface area contributed by atoms with Crippen molar-refractivity contribution < 1.29 is 4.79 Å². The highest BCUT2D eigenvalue weighted by atomic mass is 16.1. The number of hydrogen-bond acceptors (Lipinski definition) is 3. The first-order chi connectivity index (χ1) is 18.1. The molecule has 0 saturated heterocycles. The number of rotatable bonds is 12. The van der Waals surface area contributed by atoms with Gasteiger partial charge in [0.2, 0.25) is 5.91 Å². The number of hydrogen-bond donors (Lipinski definition) is 1. The monoisotopic (exact) mass is 513 g/mol. The average Bonchev–Trinajstić information content (AvgIpc) is 3.08. The molecule has 0 bridgehead atoms. The lowest BCUT2D eigenvalue weighted by molar-refractivity contribution is -0.121. The largest absolute Gasteiger partial charge is 0.356 e. The molecule has 0 radical (unpaired) electrons. The molecule has 204 valence electrons. The van der Waals surface area contributed by atoms with E-state index in [0.29, 0.717) is 6.42 Å². The van der Waals surface area contributed by atoms with Crippen LogP contribution >= 0.6 is 0 Å². The standard InChI is InChI=1S/C34H47N3O/c1-8-24-36-32(38)23-10-9-15-25-35-30(33(3,4)27-18-12-11-17-26(27)2)21-16-22-31-34(5,6)28-19-13-14-20-29(28)37(31)7/h11-14,16-22H,8-10,15,23-25H2,1-7H3,(H,36,38)/b21-16+,31-22+,35-30?. The predicted octanol–water partition coefficient (Wildman–Crippen LogP) is 7.67. The van der Waals surface area contributed by atoms with E-state index in [1.165, 1.54) is 28.1 Å². The van der Waals surface area contributed by atoms with Gasteiger partial charge in [-0.15, -0.1) is 0 Å². The Kier molecular flexibility index (Phi) is 10.1. The third kappa shape index (κ3) is 6.83. The number of anilines is 1. The lowest BCUT2D eigenvalue weighted by Gasteiger charge is -2.28. The minimum Gasteiger partial charge on any atom is -0.356 e. The van der Waals surface area contributed by atoms with E-state index in [4.69, 9.17) is 4.99 Å². The van der Waals surface area contributed by atoms with Crippen LogP contribution in [0.3, 0.4) is 0 Å². The Bertz CT molecular complexity index is 1190. The van der Waals surface area contributed by atoms with Crippen molar-refractivity contribution in [1.29, 1.82) is 0 Å². The second-order valence-electron chi connectivity index (χ2n) is 11.5. The molecule has 0 atom stereocenters. The summed E-state index contributed by atoms with van der Waals surface area (Å²) in [5.74, 6) is 0.162. The van der Waals surface area contributed by atoms with Crippen LogP contribution in [0.4, 0.5) is 5.69 Å². The smallest absolute Gasteiger partial charge is 0.219 e. The Balaban J connectivity index is 1.78. The van der Waals surface area contributed by atoms with E-state index >= 15 is 0 Å². The van der Waals surface area contributed by atoms with Gasteiger partial charge in [0.05, 0.1) is 0 Å². The van der Waals surface area contributed by atoms with E-state index in [2.05, 4.69) is 126 Å². The van der Waals surface area contributed by atoms with Crippen molar-refractivity contribution >= 4 is 17.3 Å². The maximum Gasteiger partial charge on any atom is 0.219 e. The number of para-hydroxylation sites is 1. The van der Waals surface area contributed by atoms with E-state index in [1.54, 1.807) is 0 Å². The Morgan fingerprint density at radius 1 is 1.05 bits per heavy atom. The molecular formula is C34H47N3O. The molecule has 3 rings (SSSR count). The highest BCUT2D eigenvalue weighted by molar-refractivity contribution is 6.03. The second kappa shape index (κ2) is 13.1. The molecule has 0 fully saturated rings. The quantitative estimate of drug-likeness (QED) is 0.234. The number of unbranched alkanes of at least 4 members (excludes halogenated alkanes) is 2. The van der Waals surface area contributed by atoms with Crippen molar-refractivity contribution in [2.75, 3.05) is 25.0 Å². The minimum absolute atomic E-state index is 0.0536. The van der Waals surface area contributed by atoms with Crippen molar-refractivity contribution in [3.05, 3.63) is 89.1 Å². The van der Waals surface area contributed by atoms with Crippen LogP contribution < -0.4 is 10.2 Å². The molecule has 1 heterocycles. The van der Waals surface area contributed by atoms with E-state index in [-0.39, 0.29) is 16.7 Å². The summed E-state index contributed by atoms with van der Waals surface area (Å²) in [7, 11) is 2.15. The van der Waals surface area contributed by atoms with Gasteiger partial charge < -0.3 is 10.2 Å². The number of likely N-dealkylation sites (N-methyl/N-ethyl adjacent to an activating group) is 1. The first-order valence-corrected chi connectivity index (χ1v) is 14.2. The number of fused-ring (bicyclic) bond motifs is 1. The van der Waals surface area contributed by atoms with Crippen LogP contribution in [-0.2, 0) is 15.6 Å². The number of aryl methyl sites for hydroxylation is 1. The molecule has 0 saturated carbocycles. The molecular weight excluding hydrogens is 466 g/mol. The molecule has 4 heteroatoms. The van der Waals surface area contributed by atoms with Crippen LogP contribution in [-0.4, -0.2) is 31.8 Å². The van der Waals surface area contributed by atoms with Crippen LogP contribution in [0.1, 0.15) is 83.4 Å². The Hall–Kier alpha value is -3.14. The molecule has 0 spiro atoms. The van der Waals surface area contributed by atoms with Gasteiger partial charge in [-0.3, -0.25) is 9.79 Å². The highest BCUT2D eigenvalue weighted by Gasteiger charge is 2.37. The van der Waals surface area contributed by atoms with Crippen LogP contribution in [0.25, 0.3) is 0 Å². The van der Waals surface area contributed by atoms with Gasteiger partial charge in [0.1, 0.15) is 0 Å². The van der Waals surface area contributed by atoms with Crippen molar-refractivity contribution in [2.45, 2.75) is 84.5 Å². The SMILES string of the molecule is CCCNC(=O)CCCCCN=C(/C=C/C=C1/N(C)c2ccccc2C1(C)C)C(C)(C)c1ccccc1C. The molecule has 0 aliphatic carbocycles. The van der Waals surface area contributed by atoms with Gasteiger partial charge >= 0.3 is 0 Å². The third-order valence-electron chi connectivity index (χ3n) is 7.82. The van der Waals surface area contributed by atoms with Crippen molar-refractivity contribution in [3.8, 4) is 0 Å². The number of carbonyl (C=O) groups excluding carboxylic acids is 1. The summed E-state index contributed by atoms with van der Waals surface area (Å²) < 4.78 is 0. The Morgan fingerprint density at radius 2 is 1.76 bits per heavy atom. The summed E-state index contributed by atoms with van der Waals surface area (Å²) >= 11 is 0. The predicted molar refractivity (Wildman–Crippen MR) is 163 cm³/mol. The summed E-state index contributed by atoms with van der Waals surface area (Å²) in [5.41, 5.74) is 7.30. The first kappa shape index (κ1) is 29.4. The molecule has 38 heavy (non-hydrogen) atoms. The van der Waals surface area contributed by atoms with Gasteiger partial charge in [-0.2, -0.15) is 0 Å². The Morgan fingerprint density at radius 3 is 2.47 bits per heavy atom. The van der Waals surface area contributed by atoms with Crippen molar-refractivity contribution in [1.82, 2.24) is 5.32 Å². The fraction of sp³-hybridized carbons (Fsp3) is 0.471. The van der Waals surface area contributed by atoms with Crippen LogP contribution in [0.2, 0.25) is 0 Å². The van der Waals surface area contributed by atoms with E-state index in [1.807, 2.05) is 0 Å². The Labute approximate surface area is 230 Å². The van der Waals surface area contributed by atoms with Gasteiger partial charge in [0.25, 0.3) is 0 Å².